The van der Waals surface area contributed by atoms with E-state index in [4.69, 9.17) is 11.6 Å². The van der Waals surface area contributed by atoms with Crippen molar-refractivity contribution in [3.8, 4) is 18.0 Å². The molecule has 0 aliphatic heterocycles. The van der Waals surface area contributed by atoms with Crippen molar-refractivity contribution in [2.24, 2.45) is 5.14 Å². The van der Waals surface area contributed by atoms with E-state index < -0.39 is 19.9 Å². The molecular formula is C17H14N2O4S2. The van der Waals surface area contributed by atoms with Crippen LogP contribution in [0.3, 0.4) is 0 Å². The number of sulfone groups is 1. The molecule has 8 heteroatoms. The minimum absolute atomic E-state index is 0.0800. The largest absolute Gasteiger partial charge is 0.315 e. The summed E-state index contributed by atoms with van der Waals surface area (Å²) in [5.41, 5.74) is 1.72. The van der Waals surface area contributed by atoms with Crippen molar-refractivity contribution in [2.45, 2.75) is 9.79 Å². The summed E-state index contributed by atoms with van der Waals surface area (Å²) in [6.45, 7) is 0. The lowest BCUT2D eigenvalue weighted by Gasteiger charge is -2.06. The Hall–Kier alpha value is -2.60. The zero-order valence-corrected chi connectivity index (χ0v) is 14.8. The summed E-state index contributed by atoms with van der Waals surface area (Å²) >= 11 is 0. The first-order valence-corrected chi connectivity index (χ1v) is 10.5. The van der Waals surface area contributed by atoms with Crippen LogP contribution in [0.25, 0.3) is 16.6 Å². The maximum absolute atomic E-state index is 11.9. The van der Waals surface area contributed by atoms with E-state index in [-0.39, 0.29) is 9.79 Å². The van der Waals surface area contributed by atoms with Crippen LogP contribution >= 0.6 is 0 Å². The van der Waals surface area contributed by atoms with Gasteiger partial charge in [-0.05, 0) is 36.4 Å². The number of terminal acetylenes is 1. The van der Waals surface area contributed by atoms with Crippen LogP contribution in [0.2, 0.25) is 0 Å². The van der Waals surface area contributed by atoms with E-state index in [1.54, 1.807) is 28.8 Å². The van der Waals surface area contributed by atoms with Gasteiger partial charge < -0.3 is 4.57 Å². The molecule has 0 fully saturated rings. The van der Waals surface area contributed by atoms with Gasteiger partial charge in [-0.15, -0.1) is 6.42 Å². The van der Waals surface area contributed by atoms with Gasteiger partial charge in [0, 0.05) is 29.1 Å². The number of rotatable bonds is 3. The van der Waals surface area contributed by atoms with E-state index in [1.807, 2.05) is 0 Å². The molecule has 0 aliphatic carbocycles. The highest BCUT2D eigenvalue weighted by Crippen LogP contribution is 2.29. The molecule has 1 heterocycles. The molecule has 0 spiro atoms. The molecule has 2 N–H and O–H groups in total. The Morgan fingerprint density at radius 1 is 1.04 bits per heavy atom. The topological polar surface area (TPSA) is 99.2 Å². The Balaban J connectivity index is 2.38. The number of sulfonamides is 1. The second kappa shape index (κ2) is 5.74. The summed E-state index contributed by atoms with van der Waals surface area (Å²) < 4.78 is 49.0. The Morgan fingerprint density at radius 2 is 1.68 bits per heavy atom. The van der Waals surface area contributed by atoms with E-state index in [0.717, 1.165) is 6.26 Å². The second-order valence-corrected chi connectivity index (χ2v) is 9.10. The second-order valence-electron chi connectivity index (χ2n) is 5.55. The van der Waals surface area contributed by atoms with Crippen LogP contribution in [0.5, 0.6) is 0 Å². The quantitative estimate of drug-likeness (QED) is 0.705. The summed E-state index contributed by atoms with van der Waals surface area (Å²) in [5.74, 6) is 2.50. The molecule has 0 amide bonds. The van der Waals surface area contributed by atoms with Gasteiger partial charge in [-0.2, -0.15) is 0 Å². The van der Waals surface area contributed by atoms with Gasteiger partial charge in [0.1, 0.15) is 4.90 Å². The summed E-state index contributed by atoms with van der Waals surface area (Å²) in [7, 11) is -7.43. The van der Waals surface area contributed by atoms with Crippen molar-refractivity contribution in [1.29, 1.82) is 0 Å². The molecule has 3 rings (SSSR count). The van der Waals surface area contributed by atoms with E-state index in [2.05, 4.69) is 5.92 Å². The van der Waals surface area contributed by atoms with Gasteiger partial charge >= 0.3 is 0 Å². The van der Waals surface area contributed by atoms with Gasteiger partial charge in [0.05, 0.1) is 10.4 Å². The number of primary sulfonamides is 1. The van der Waals surface area contributed by atoms with E-state index in [9.17, 15) is 16.8 Å². The first-order valence-electron chi connectivity index (χ1n) is 7.06. The molecule has 0 saturated carbocycles. The first kappa shape index (κ1) is 17.2. The van der Waals surface area contributed by atoms with E-state index in [0.29, 0.717) is 22.2 Å². The molecule has 0 radical (unpaired) electrons. The fourth-order valence-corrected chi connectivity index (χ4v) is 3.94. The van der Waals surface area contributed by atoms with E-state index >= 15 is 0 Å². The number of hydrogen-bond donors (Lipinski definition) is 1. The van der Waals surface area contributed by atoms with E-state index in [1.165, 1.54) is 24.4 Å². The zero-order valence-electron chi connectivity index (χ0n) is 13.2. The summed E-state index contributed by atoms with van der Waals surface area (Å²) in [6, 6.07) is 11.1. The molecule has 0 unspecified atom stereocenters. The number of fused-ring (bicyclic) bond motifs is 1. The lowest BCUT2D eigenvalue weighted by atomic mass is 10.2. The minimum Gasteiger partial charge on any atom is -0.315 e. The van der Waals surface area contributed by atoms with Crippen LogP contribution < -0.4 is 5.14 Å². The molecule has 0 aliphatic rings. The summed E-state index contributed by atoms with van der Waals surface area (Å²) in [6.07, 6.45) is 7.80. The van der Waals surface area contributed by atoms with Crippen molar-refractivity contribution in [1.82, 2.24) is 4.57 Å². The van der Waals surface area contributed by atoms with Crippen molar-refractivity contribution >= 4 is 30.8 Å². The minimum atomic E-state index is -3.98. The van der Waals surface area contributed by atoms with Crippen LogP contribution in [0.4, 0.5) is 0 Å². The van der Waals surface area contributed by atoms with Gasteiger partial charge in [-0.1, -0.05) is 12.0 Å². The van der Waals surface area contributed by atoms with Gasteiger partial charge in [0.2, 0.25) is 10.0 Å². The summed E-state index contributed by atoms with van der Waals surface area (Å²) in [4.78, 5) is 0.00384. The molecule has 1 aromatic heterocycles. The van der Waals surface area contributed by atoms with Crippen LogP contribution in [-0.2, 0) is 19.9 Å². The Morgan fingerprint density at radius 3 is 2.20 bits per heavy atom. The molecule has 0 atom stereocenters. The van der Waals surface area contributed by atoms with Gasteiger partial charge in [0.15, 0.2) is 9.84 Å². The fraction of sp³-hybridized carbons (Fsp3) is 0.0588. The monoisotopic (exact) mass is 374 g/mol. The van der Waals surface area contributed by atoms with Crippen LogP contribution in [0.15, 0.2) is 58.5 Å². The molecule has 3 aromatic rings. The molecule has 0 bridgehead atoms. The third-order valence-electron chi connectivity index (χ3n) is 3.79. The third-order valence-corrected chi connectivity index (χ3v) is 5.84. The smallest absolute Gasteiger partial charge is 0.240 e. The molecule has 128 valence electrons. The molecule has 0 saturated heterocycles. The number of hydrogen-bond acceptors (Lipinski definition) is 4. The number of nitrogens with zero attached hydrogens (tertiary/aromatic N) is 1. The highest BCUT2D eigenvalue weighted by Gasteiger charge is 2.20. The normalized spacial score (nSPS) is 12.2. The molecule has 6 nitrogen and oxygen atoms in total. The number of aromatic nitrogens is 1. The number of nitrogens with two attached hydrogens (primary N) is 1. The van der Waals surface area contributed by atoms with Gasteiger partial charge in [-0.3, -0.25) is 0 Å². The van der Waals surface area contributed by atoms with Crippen LogP contribution in [-0.4, -0.2) is 27.7 Å². The lowest BCUT2D eigenvalue weighted by Crippen LogP contribution is -2.11. The standard InChI is InChI=1S/C17H14N2O4S2/c1-3-12-4-6-13(7-5-12)19-11-17(25(18,22)23)15-9-8-14(10-16(15)19)24(2,20)21/h1,4-11H,2H3,(H2,18,22,23). The maximum Gasteiger partial charge on any atom is 0.240 e. The maximum atomic E-state index is 11.9. The zero-order chi connectivity index (χ0) is 18.4. The third kappa shape index (κ3) is 3.17. The first-order chi connectivity index (χ1) is 11.6. The Kier molecular flexibility index (Phi) is 3.95. The SMILES string of the molecule is C#Cc1ccc(-n2cc(S(N)(=O)=O)c3ccc(S(C)(=O)=O)cc32)cc1. The number of benzene rings is 2. The van der Waals surface area contributed by atoms with Crippen LogP contribution in [0, 0.1) is 12.3 Å². The Labute approximate surface area is 145 Å². The van der Waals surface area contributed by atoms with Gasteiger partial charge in [0.25, 0.3) is 0 Å². The van der Waals surface area contributed by atoms with Crippen molar-refractivity contribution in [3.05, 3.63) is 54.2 Å². The predicted molar refractivity (Wildman–Crippen MR) is 95.7 cm³/mol. The lowest BCUT2D eigenvalue weighted by molar-refractivity contribution is 0.598. The average Bonchev–Trinajstić information content (AvgIpc) is 2.93. The fourth-order valence-electron chi connectivity index (χ4n) is 2.56. The van der Waals surface area contributed by atoms with Crippen LogP contribution in [0.1, 0.15) is 5.56 Å². The van der Waals surface area contributed by atoms with Crippen molar-refractivity contribution < 1.29 is 16.8 Å². The Bertz CT molecular complexity index is 1230. The van der Waals surface area contributed by atoms with Crippen molar-refractivity contribution in [3.63, 3.8) is 0 Å². The summed E-state index contributed by atoms with van der Waals surface area (Å²) in [5, 5.41) is 5.64. The predicted octanol–water partition coefficient (Wildman–Crippen LogP) is 1.66. The average molecular weight is 374 g/mol. The molecule has 2 aromatic carbocycles. The highest BCUT2D eigenvalue weighted by atomic mass is 32.2. The highest BCUT2D eigenvalue weighted by molar-refractivity contribution is 7.90. The molecule has 25 heavy (non-hydrogen) atoms. The van der Waals surface area contributed by atoms with Gasteiger partial charge in [-0.25, -0.2) is 22.0 Å². The van der Waals surface area contributed by atoms with Crippen molar-refractivity contribution in [2.75, 3.05) is 6.26 Å². The molecular weight excluding hydrogens is 360 g/mol.